The van der Waals surface area contributed by atoms with Gasteiger partial charge in [-0.15, -0.1) is 0 Å². The number of aromatic nitrogens is 1. The van der Waals surface area contributed by atoms with E-state index >= 15 is 0 Å². The van der Waals surface area contributed by atoms with Crippen LogP contribution in [0.15, 0.2) is 48.5 Å². The molecular formula is C20H21ClN4O2. The Morgan fingerprint density at radius 3 is 2.59 bits per heavy atom. The van der Waals surface area contributed by atoms with E-state index in [4.69, 9.17) is 17.3 Å². The summed E-state index contributed by atoms with van der Waals surface area (Å²) in [5, 5.41) is 4.17. The van der Waals surface area contributed by atoms with Gasteiger partial charge in [-0.25, -0.2) is 0 Å². The van der Waals surface area contributed by atoms with Gasteiger partial charge in [0.15, 0.2) is 0 Å². The molecule has 140 valence electrons. The van der Waals surface area contributed by atoms with Gasteiger partial charge in [0.2, 0.25) is 5.91 Å². The normalized spacial score (nSPS) is 12.0. The molecule has 0 aliphatic heterocycles. The number of hydrogen-bond donors (Lipinski definition) is 3. The van der Waals surface area contributed by atoms with Crippen LogP contribution in [0.2, 0.25) is 5.02 Å². The second-order valence-electron chi connectivity index (χ2n) is 6.55. The van der Waals surface area contributed by atoms with E-state index in [0.29, 0.717) is 22.9 Å². The molecule has 2 amide bonds. The molecule has 1 heterocycles. The fourth-order valence-corrected chi connectivity index (χ4v) is 3.05. The number of H-pyrrole nitrogens is 1. The Bertz CT molecular complexity index is 981. The number of nitrogens with one attached hydrogen (secondary N) is 2. The zero-order chi connectivity index (χ0) is 19.6. The fourth-order valence-electron chi connectivity index (χ4n) is 2.87. The number of rotatable bonds is 5. The molecule has 3 aromatic rings. The Morgan fingerprint density at radius 1 is 1.19 bits per heavy atom. The summed E-state index contributed by atoms with van der Waals surface area (Å²) >= 11 is 5.97. The average molecular weight is 385 g/mol. The topological polar surface area (TPSA) is 91.2 Å². The zero-order valence-corrected chi connectivity index (χ0v) is 15.9. The van der Waals surface area contributed by atoms with Crippen molar-refractivity contribution in [2.45, 2.75) is 19.5 Å². The second-order valence-corrected chi connectivity index (χ2v) is 6.98. The molecule has 0 bridgehead atoms. The van der Waals surface area contributed by atoms with E-state index < -0.39 is 6.04 Å². The SMILES string of the molecule is C[C@H](NC(=O)c1cc2cc(Cl)ccc2[nH]1)C(=O)N(C)Cc1ccc(N)cc1. The predicted octanol–water partition coefficient (Wildman–Crippen LogP) is 3.18. The van der Waals surface area contributed by atoms with Crippen molar-refractivity contribution in [2.75, 3.05) is 12.8 Å². The molecule has 0 radical (unpaired) electrons. The molecule has 0 spiro atoms. The summed E-state index contributed by atoms with van der Waals surface area (Å²) in [6.45, 7) is 2.10. The van der Waals surface area contributed by atoms with Crippen molar-refractivity contribution < 1.29 is 9.59 Å². The first kappa shape index (κ1) is 18.8. The van der Waals surface area contributed by atoms with Gasteiger partial charge < -0.3 is 20.9 Å². The van der Waals surface area contributed by atoms with Crippen LogP contribution in [0.5, 0.6) is 0 Å². The van der Waals surface area contributed by atoms with Crippen LogP contribution in [0.1, 0.15) is 23.0 Å². The summed E-state index contributed by atoms with van der Waals surface area (Å²) in [6.07, 6.45) is 0. The minimum absolute atomic E-state index is 0.181. The number of nitrogen functional groups attached to an aromatic ring is 1. The first-order chi connectivity index (χ1) is 12.8. The number of anilines is 1. The molecule has 6 nitrogen and oxygen atoms in total. The molecule has 4 N–H and O–H groups in total. The van der Waals surface area contributed by atoms with Gasteiger partial charge in [0.1, 0.15) is 11.7 Å². The maximum atomic E-state index is 12.6. The lowest BCUT2D eigenvalue weighted by Crippen LogP contribution is -2.45. The molecule has 0 aliphatic rings. The van der Waals surface area contributed by atoms with E-state index in [0.717, 1.165) is 16.5 Å². The minimum Gasteiger partial charge on any atom is -0.399 e. The number of likely N-dealkylation sites (N-methyl/N-ethyl adjacent to an activating group) is 1. The van der Waals surface area contributed by atoms with Crippen LogP contribution >= 0.6 is 11.6 Å². The first-order valence-corrected chi connectivity index (χ1v) is 8.90. The number of nitrogens with zero attached hydrogens (tertiary/aromatic N) is 1. The van der Waals surface area contributed by atoms with Crippen LogP contribution in [0.4, 0.5) is 5.69 Å². The lowest BCUT2D eigenvalue weighted by atomic mass is 10.2. The molecule has 27 heavy (non-hydrogen) atoms. The highest BCUT2D eigenvalue weighted by molar-refractivity contribution is 6.31. The molecule has 0 saturated carbocycles. The lowest BCUT2D eigenvalue weighted by Gasteiger charge is -2.22. The molecule has 0 saturated heterocycles. The number of carbonyl (C=O) groups excluding carboxylic acids is 2. The third-order valence-corrected chi connectivity index (χ3v) is 4.56. The molecule has 0 fully saturated rings. The molecule has 0 aliphatic carbocycles. The van der Waals surface area contributed by atoms with Crippen molar-refractivity contribution in [3.63, 3.8) is 0 Å². The van der Waals surface area contributed by atoms with Gasteiger partial charge in [-0.1, -0.05) is 23.7 Å². The first-order valence-electron chi connectivity index (χ1n) is 8.52. The Kier molecular flexibility index (Phi) is 5.37. The summed E-state index contributed by atoms with van der Waals surface area (Å²) in [6, 6.07) is 13.7. The number of nitrogens with two attached hydrogens (primary N) is 1. The zero-order valence-electron chi connectivity index (χ0n) is 15.1. The lowest BCUT2D eigenvalue weighted by molar-refractivity contribution is -0.132. The molecular weight excluding hydrogens is 364 g/mol. The Morgan fingerprint density at radius 2 is 1.89 bits per heavy atom. The van der Waals surface area contributed by atoms with E-state index in [-0.39, 0.29) is 11.8 Å². The Labute approximate surface area is 162 Å². The second kappa shape index (κ2) is 7.72. The highest BCUT2D eigenvalue weighted by Crippen LogP contribution is 2.20. The van der Waals surface area contributed by atoms with Crippen LogP contribution in [0.25, 0.3) is 10.9 Å². The summed E-state index contributed by atoms with van der Waals surface area (Å²) < 4.78 is 0. The Hall–Kier alpha value is -2.99. The highest BCUT2D eigenvalue weighted by atomic mass is 35.5. The number of carbonyl (C=O) groups is 2. The van der Waals surface area contributed by atoms with Crippen molar-refractivity contribution in [1.29, 1.82) is 0 Å². The van der Waals surface area contributed by atoms with E-state index in [1.54, 1.807) is 49.2 Å². The third-order valence-electron chi connectivity index (χ3n) is 4.32. The van der Waals surface area contributed by atoms with Gasteiger partial charge in [0, 0.05) is 35.2 Å². The maximum absolute atomic E-state index is 12.6. The quantitative estimate of drug-likeness (QED) is 0.590. The van der Waals surface area contributed by atoms with Crippen molar-refractivity contribution >= 4 is 40.0 Å². The third kappa shape index (κ3) is 4.41. The van der Waals surface area contributed by atoms with Gasteiger partial charge in [0.25, 0.3) is 5.91 Å². The van der Waals surface area contributed by atoms with Gasteiger partial charge >= 0.3 is 0 Å². The van der Waals surface area contributed by atoms with Crippen molar-refractivity contribution in [3.8, 4) is 0 Å². The molecule has 2 aromatic carbocycles. The molecule has 0 unspecified atom stereocenters. The van der Waals surface area contributed by atoms with Crippen LogP contribution in [0.3, 0.4) is 0 Å². The standard InChI is InChI=1S/C20H21ClN4O2/c1-12(20(27)25(2)11-13-3-6-16(22)7-4-13)23-19(26)18-10-14-9-15(21)5-8-17(14)24-18/h3-10,12,24H,11,22H2,1-2H3,(H,23,26)/t12-/m0/s1. The Balaban J connectivity index is 1.63. The van der Waals surface area contributed by atoms with Crippen LogP contribution in [0, 0.1) is 0 Å². The highest BCUT2D eigenvalue weighted by Gasteiger charge is 2.21. The summed E-state index contributed by atoms with van der Waals surface area (Å²) in [5.41, 5.74) is 8.50. The van der Waals surface area contributed by atoms with Crippen LogP contribution in [-0.2, 0) is 11.3 Å². The molecule has 1 aromatic heterocycles. The van der Waals surface area contributed by atoms with Crippen molar-refractivity contribution in [3.05, 3.63) is 64.8 Å². The number of aromatic amines is 1. The van der Waals surface area contributed by atoms with Crippen LogP contribution < -0.4 is 11.1 Å². The van der Waals surface area contributed by atoms with E-state index in [1.165, 1.54) is 0 Å². The largest absolute Gasteiger partial charge is 0.399 e. The summed E-state index contributed by atoms with van der Waals surface area (Å²) in [4.78, 5) is 29.6. The minimum atomic E-state index is -0.661. The maximum Gasteiger partial charge on any atom is 0.268 e. The molecule has 1 atom stereocenters. The monoisotopic (exact) mass is 384 g/mol. The van der Waals surface area contributed by atoms with Gasteiger partial charge in [0.05, 0.1) is 0 Å². The van der Waals surface area contributed by atoms with E-state index in [9.17, 15) is 9.59 Å². The van der Waals surface area contributed by atoms with E-state index in [1.807, 2.05) is 18.2 Å². The van der Waals surface area contributed by atoms with Crippen molar-refractivity contribution in [1.82, 2.24) is 15.2 Å². The van der Waals surface area contributed by atoms with Gasteiger partial charge in [-0.05, 0) is 48.9 Å². The van der Waals surface area contributed by atoms with Gasteiger partial charge in [-0.2, -0.15) is 0 Å². The number of fused-ring (bicyclic) bond motifs is 1. The number of halogens is 1. The number of benzene rings is 2. The van der Waals surface area contributed by atoms with E-state index in [2.05, 4.69) is 10.3 Å². The number of amides is 2. The average Bonchev–Trinajstić information content (AvgIpc) is 3.06. The van der Waals surface area contributed by atoms with Crippen molar-refractivity contribution in [2.24, 2.45) is 0 Å². The number of hydrogen-bond acceptors (Lipinski definition) is 3. The smallest absolute Gasteiger partial charge is 0.268 e. The summed E-state index contributed by atoms with van der Waals surface area (Å²) in [5.74, 6) is -0.525. The molecule has 7 heteroatoms. The fraction of sp³-hybridized carbons (Fsp3) is 0.200. The van der Waals surface area contributed by atoms with Gasteiger partial charge in [-0.3, -0.25) is 9.59 Å². The predicted molar refractivity (Wildman–Crippen MR) is 108 cm³/mol. The molecule has 3 rings (SSSR count). The summed E-state index contributed by atoms with van der Waals surface area (Å²) in [7, 11) is 1.70. The van der Waals surface area contributed by atoms with Crippen LogP contribution in [-0.4, -0.2) is 34.8 Å².